The molecule has 1 rings (SSSR count). The minimum Gasteiger partial charge on any atom is -0.395 e. The summed E-state index contributed by atoms with van der Waals surface area (Å²) >= 11 is 0. The Bertz CT molecular complexity index is 212. The lowest BCUT2D eigenvalue weighted by molar-refractivity contribution is 0.0453. The van der Waals surface area contributed by atoms with Crippen molar-refractivity contribution < 1.29 is 18.6 Å². The summed E-state index contributed by atoms with van der Waals surface area (Å²) in [5, 5.41) is 12.0. The first-order valence-corrected chi connectivity index (χ1v) is 5.95. The number of alkyl halides is 2. The van der Waals surface area contributed by atoms with Crippen LogP contribution >= 0.6 is 0 Å². The molecule has 17 heavy (non-hydrogen) atoms. The number of hydrogen-bond donors (Lipinski definition) is 2. The molecule has 1 unspecified atom stereocenters. The Hall–Kier alpha value is -0.300. The van der Waals surface area contributed by atoms with E-state index in [2.05, 4.69) is 5.32 Å². The van der Waals surface area contributed by atoms with Crippen LogP contribution in [0.3, 0.4) is 0 Å². The van der Waals surface area contributed by atoms with Gasteiger partial charge in [-0.25, -0.2) is 8.78 Å². The molecule has 1 saturated heterocycles. The third-order valence-electron chi connectivity index (χ3n) is 3.11. The van der Waals surface area contributed by atoms with Gasteiger partial charge in [0.1, 0.15) is 0 Å². The summed E-state index contributed by atoms with van der Waals surface area (Å²) in [6.07, 6.45) is -1.49. The number of nitrogens with zero attached hydrogens (tertiary/aromatic N) is 1. The summed E-state index contributed by atoms with van der Waals surface area (Å²) in [7, 11) is 1.85. The predicted molar refractivity (Wildman–Crippen MR) is 61.3 cm³/mol. The average molecular weight is 252 g/mol. The van der Waals surface area contributed by atoms with E-state index < -0.39 is 6.43 Å². The Morgan fingerprint density at radius 3 is 2.76 bits per heavy atom. The molecule has 0 aromatic heterocycles. The van der Waals surface area contributed by atoms with Gasteiger partial charge < -0.3 is 15.2 Å². The van der Waals surface area contributed by atoms with E-state index in [1.165, 1.54) is 0 Å². The molecule has 1 aliphatic heterocycles. The quantitative estimate of drug-likeness (QED) is 0.646. The van der Waals surface area contributed by atoms with E-state index in [4.69, 9.17) is 9.84 Å². The molecule has 0 aromatic rings. The Kier molecular flexibility index (Phi) is 6.26. The lowest BCUT2D eigenvalue weighted by Crippen LogP contribution is -2.46. The molecular weight excluding hydrogens is 230 g/mol. The van der Waals surface area contributed by atoms with Crippen LogP contribution in [0.15, 0.2) is 0 Å². The topological polar surface area (TPSA) is 44.7 Å². The molecule has 1 atom stereocenters. The molecule has 1 fully saturated rings. The fourth-order valence-electron chi connectivity index (χ4n) is 2.39. The zero-order valence-corrected chi connectivity index (χ0v) is 10.3. The van der Waals surface area contributed by atoms with Crippen LogP contribution in [-0.2, 0) is 4.74 Å². The van der Waals surface area contributed by atoms with Gasteiger partial charge in [0.25, 0.3) is 6.43 Å². The van der Waals surface area contributed by atoms with Gasteiger partial charge in [0.05, 0.1) is 19.8 Å². The third-order valence-corrected chi connectivity index (χ3v) is 3.11. The molecule has 0 aliphatic carbocycles. The summed E-state index contributed by atoms with van der Waals surface area (Å²) in [6.45, 7) is 2.48. The molecule has 102 valence electrons. The smallest absolute Gasteiger partial charge is 0.251 e. The second-order valence-electron chi connectivity index (χ2n) is 4.68. The van der Waals surface area contributed by atoms with Crippen molar-refractivity contribution >= 4 is 0 Å². The monoisotopic (exact) mass is 252 g/mol. The Morgan fingerprint density at radius 1 is 1.53 bits per heavy atom. The molecule has 0 aromatic carbocycles. The fraction of sp³-hybridized carbons (Fsp3) is 1.00. The summed E-state index contributed by atoms with van der Waals surface area (Å²) in [5.74, 6) is 0. The van der Waals surface area contributed by atoms with E-state index in [1.807, 2.05) is 7.05 Å². The molecule has 0 bridgehead atoms. The maximum Gasteiger partial charge on any atom is 0.251 e. The van der Waals surface area contributed by atoms with Gasteiger partial charge >= 0.3 is 0 Å². The standard InChI is InChI=1S/C11H22F2N2O2/c1-14-7-11(2-5-17-9-11)8-15(3-4-16)6-10(12)13/h10,14,16H,2-9H2,1H3. The zero-order valence-electron chi connectivity index (χ0n) is 10.3. The van der Waals surface area contributed by atoms with E-state index in [-0.39, 0.29) is 25.1 Å². The van der Waals surface area contributed by atoms with E-state index >= 15 is 0 Å². The van der Waals surface area contributed by atoms with Gasteiger partial charge in [-0.15, -0.1) is 0 Å². The molecular formula is C11H22F2N2O2. The molecule has 1 heterocycles. The van der Waals surface area contributed by atoms with Gasteiger partial charge in [-0.1, -0.05) is 0 Å². The lowest BCUT2D eigenvalue weighted by atomic mass is 9.86. The number of rotatable bonds is 8. The van der Waals surface area contributed by atoms with E-state index in [1.54, 1.807) is 4.90 Å². The van der Waals surface area contributed by atoms with Crippen molar-refractivity contribution in [2.45, 2.75) is 12.8 Å². The van der Waals surface area contributed by atoms with Gasteiger partial charge in [0.2, 0.25) is 0 Å². The molecule has 6 heteroatoms. The minimum atomic E-state index is -2.37. The molecule has 0 amide bonds. The molecule has 4 nitrogen and oxygen atoms in total. The van der Waals surface area contributed by atoms with E-state index in [9.17, 15) is 8.78 Å². The number of hydrogen-bond acceptors (Lipinski definition) is 4. The van der Waals surface area contributed by atoms with Crippen molar-refractivity contribution in [3.8, 4) is 0 Å². The highest BCUT2D eigenvalue weighted by Crippen LogP contribution is 2.29. The van der Waals surface area contributed by atoms with E-state index in [0.29, 0.717) is 19.8 Å². The average Bonchev–Trinajstić information content (AvgIpc) is 2.66. The van der Waals surface area contributed by atoms with Crippen LogP contribution in [0.4, 0.5) is 8.78 Å². The summed E-state index contributed by atoms with van der Waals surface area (Å²) in [5.41, 5.74) is -0.0984. The van der Waals surface area contributed by atoms with Gasteiger partial charge in [-0.2, -0.15) is 0 Å². The number of halogens is 2. The third kappa shape index (κ3) is 4.83. The molecule has 0 saturated carbocycles. The highest BCUT2D eigenvalue weighted by Gasteiger charge is 2.36. The van der Waals surface area contributed by atoms with E-state index in [0.717, 1.165) is 13.0 Å². The summed E-state index contributed by atoms with van der Waals surface area (Å²) < 4.78 is 30.2. The highest BCUT2D eigenvalue weighted by atomic mass is 19.3. The van der Waals surface area contributed by atoms with Gasteiger partial charge in [0, 0.05) is 31.7 Å². The van der Waals surface area contributed by atoms with Crippen molar-refractivity contribution in [1.82, 2.24) is 10.2 Å². The summed E-state index contributed by atoms with van der Waals surface area (Å²) in [6, 6.07) is 0. The van der Waals surface area contributed by atoms with Crippen LogP contribution < -0.4 is 5.32 Å². The van der Waals surface area contributed by atoms with Crippen molar-refractivity contribution in [3.63, 3.8) is 0 Å². The molecule has 0 radical (unpaired) electrons. The van der Waals surface area contributed by atoms with Crippen molar-refractivity contribution in [1.29, 1.82) is 0 Å². The largest absolute Gasteiger partial charge is 0.395 e. The van der Waals surface area contributed by atoms with Crippen LogP contribution in [0, 0.1) is 5.41 Å². The second kappa shape index (κ2) is 7.20. The maximum atomic E-state index is 12.4. The number of aliphatic hydroxyl groups is 1. The lowest BCUT2D eigenvalue weighted by Gasteiger charge is -2.33. The van der Waals surface area contributed by atoms with Crippen LogP contribution in [0.25, 0.3) is 0 Å². The SMILES string of the molecule is CNCC1(CN(CCO)CC(F)F)CCOC1. The first kappa shape index (κ1) is 14.8. The normalized spacial score (nSPS) is 25.1. The summed E-state index contributed by atoms with van der Waals surface area (Å²) in [4.78, 5) is 1.62. The minimum absolute atomic E-state index is 0.0940. The Balaban J connectivity index is 2.54. The predicted octanol–water partition coefficient (Wildman–Crippen LogP) is 0.172. The van der Waals surface area contributed by atoms with Crippen molar-refractivity contribution in [2.24, 2.45) is 5.41 Å². The number of nitrogens with one attached hydrogen (secondary N) is 1. The highest BCUT2D eigenvalue weighted by molar-refractivity contribution is 4.88. The maximum absolute atomic E-state index is 12.4. The zero-order chi connectivity index (χ0) is 12.7. The van der Waals surface area contributed by atoms with Crippen LogP contribution in [0.5, 0.6) is 0 Å². The van der Waals surface area contributed by atoms with Crippen LogP contribution in [0.1, 0.15) is 6.42 Å². The van der Waals surface area contributed by atoms with Crippen LogP contribution in [0.2, 0.25) is 0 Å². The van der Waals surface area contributed by atoms with Gasteiger partial charge in [-0.3, -0.25) is 4.90 Å². The number of aliphatic hydroxyl groups excluding tert-OH is 1. The molecule has 0 spiro atoms. The first-order chi connectivity index (χ1) is 8.12. The van der Waals surface area contributed by atoms with Crippen molar-refractivity contribution in [2.75, 3.05) is 53.0 Å². The Labute approximate surface area is 101 Å². The fourth-order valence-corrected chi connectivity index (χ4v) is 2.39. The number of ether oxygens (including phenoxy) is 1. The van der Waals surface area contributed by atoms with Crippen molar-refractivity contribution in [3.05, 3.63) is 0 Å². The Morgan fingerprint density at radius 2 is 2.29 bits per heavy atom. The second-order valence-corrected chi connectivity index (χ2v) is 4.68. The molecule has 2 N–H and O–H groups in total. The first-order valence-electron chi connectivity index (χ1n) is 5.95. The molecule has 1 aliphatic rings. The van der Waals surface area contributed by atoms with Gasteiger partial charge in [-0.05, 0) is 13.5 Å². The van der Waals surface area contributed by atoms with Crippen LogP contribution in [-0.4, -0.2) is 69.5 Å². The van der Waals surface area contributed by atoms with Gasteiger partial charge in [0.15, 0.2) is 0 Å².